The zero-order valence-corrected chi connectivity index (χ0v) is 13.8. The minimum absolute atomic E-state index is 0.00663. The second-order valence-electron chi connectivity index (χ2n) is 5.23. The third-order valence-electron chi connectivity index (χ3n) is 3.31. The normalized spacial score (nSPS) is 11.1. The van der Waals surface area contributed by atoms with Crippen LogP contribution in [0, 0.1) is 0 Å². The van der Waals surface area contributed by atoms with Crippen LogP contribution in [-0.2, 0) is 11.0 Å². The number of nitrogens with one attached hydrogen (secondary N) is 2. The number of anilines is 2. The zero-order valence-electron chi connectivity index (χ0n) is 13.1. The van der Waals surface area contributed by atoms with E-state index in [0.717, 1.165) is 18.2 Å². The summed E-state index contributed by atoms with van der Waals surface area (Å²) >= 11 is 5.82. The smallest absolute Gasteiger partial charge is 0.376 e. The van der Waals surface area contributed by atoms with Gasteiger partial charge in [0.05, 0.1) is 22.8 Å². The van der Waals surface area contributed by atoms with Crippen LogP contribution in [0.15, 0.2) is 42.5 Å². The monoisotopic (exact) mass is 370 g/mol. The van der Waals surface area contributed by atoms with Gasteiger partial charge >= 0.3 is 6.18 Å². The minimum Gasteiger partial charge on any atom is -0.376 e. The first-order valence-corrected chi connectivity index (χ1v) is 7.56. The van der Waals surface area contributed by atoms with Crippen molar-refractivity contribution < 1.29 is 22.8 Å². The van der Waals surface area contributed by atoms with Crippen molar-refractivity contribution in [1.29, 1.82) is 0 Å². The topological polar surface area (TPSA) is 58.2 Å². The molecule has 0 spiro atoms. The first-order valence-electron chi connectivity index (χ1n) is 7.18. The fourth-order valence-corrected chi connectivity index (χ4v) is 2.16. The minimum atomic E-state index is -4.53. The van der Waals surface area contributed by atoms with Gasteiger partial charge in [0, 0.05) is 11.3 Å². The van der Waals surface area contributed by atoms with Crippen molar-refractivity contribution in [2.24, 2.45) is 0 Å². The van der Waals surface area contributed by atoms with Crippen LogP contribution in [0.5, 0.6) is 0 Å². The van der Waals surface area contributed by atoms with E-state index in [0.29, 0.717) is 11.3 Å². The van der Waals surface area contributed by atoms with Crippen LogP contribution in [-0.4, -0.2) is 18.2 Å². The largest absolute Gasteiger partial charge is 0.416 e. The summed E-state index contributed by atoms with van der Waals surface area (Å²) in [6.07, 6.45) is -4.53. The molecule has 2 aromatic rings. The Morgan fingerprint density at radius 1 is 1.08 bits per heavy atom. The predicted octanol–water partition coefficient (Wildman–Crippen LogP) is 4.61. The molecule has 0 bridgehead atoms. The maximum absolute atomic E-state index is 12.7. The van der Waals surface area contributed by atoms with E-state index in [9.17, 15) is 22.8 Å². The van der Waals surface area contributed by atoms with Crippen LogP contribution >= 0.6 is 11.6 Å². The fraction of sp³-hybridized carbons (Fsp3) is 0.176. The van der Waals surface area contributed by atoms with Gasteiger partial charge in [0.25, 0.3) is 0 Å². The highest BCUT2D eigenvalue weighted by Gasteiger charge is 2.31. The Labute approximate surface area is 147 Å². The highest BCUT2D eigenvalue weighted by Crippen LogP contribution is 2.33. The molecule has 2 aromatic carbocycles. The Morgan fingerprint density at radius 3 is 2.28 bits per heavy atom. The number of benzene rings is 2. The quantitative estimate of drug-likeness (QED) is 0.755. The highest BCUT2D eigenvalue weighted by molar-refractivity contribution is 6.33. The van der Waals surface area contributed by atoms with E-state index >= 15 is 0 Å². The molecule has 0 aliphatic heterocycles. The number of hydrogen-bond acceptors (Lipinski definition) is 3. The molecule has 0 aliphatic rings. The number of amides is 1. The number of Topliss-reactive ketones (excluding diaryl/α,β-unsaturated/α-hetero) is 1. The summed E-state index contributed by atoms with van der Waals surface area (Å²) in [6.45, 7) is 1.26. The first kappa shape index (κ1) is 18.8. The molecule has 25 heavy (non-hydrogen) atoms. The summed E-state index contributed by atoms with van der Waals surface area (Å²) in [5, 5.41) is 5.15. The van der Waals surface area contributed by atoms with Crippen LogP contribution in [0.25, 0.3) is 0 Å². The van der Waals surface area contributed by atoms with E-state index in [1.807, 2.05) is 0 Å². The number of rotatable bonds is 5. The third-order valence-corrected chi connectivity index (χ3v) is 3.64. The summed E-state index contributed by atoms with van der Waals surface area (Å²) in [5.41, 5.74) is 0.108. The van der Waals surface area contributed by atoms with Gasteiger partial charge in [0.1, 0.15) is 0 Å². The van der Waals surface area contributed by atoms with E-state index in [-0.39, 0.29) is 23.0 Å². The van der Waals surface area contributed by atoms with Crippen LogP contribution in [0.2, 0.25) is 5.02 Å². The van der Waals surface area contributed by atoms with Gasteiger partial charge in [-0.2, -0.15) is 13.2 Å². The summed E-state index contributed by atoms with van der Waals surface area (Å²) in [6, 6.07) is 9.16. The van der Waals surface area contributed by atoms with Gasteiger partial charge in [-0.15, -0.1) is 0 Å². The molecular weight excluding hydrogens is 357 g/mol. The van der Waals surface area contributed by atoms with Gasteiger partial charge in [-0.25, -0.2) is 0 Å². The molecule has 4 nitrogen and oxygen atoms in total. The second-order valence-corrected chi connectivity index (χ2v) is 5.63. The van der Waals surface area contributed by atoms with E-state index in [1.54, 1.807) is 24.3 Å². The van der Waals surface area contributed by atoms with Crippen molar-refractivity contribution >= 4 is 34.7 Å². The van der Waals surface area contributed by atoms with Crippen molar-refractivity contribution in [1.82, 2.24) is 0 Å². The summed E-state index contributed by atoms with van der Waals surface area (Å²) < 4.78 is 38.1. The lowest BCUT2D eigenvalue weighted by Crippen LogP contribution is -2.22. The number of carbonyl (C=O) groups is 2. The fourth-order valence-electron chi connectivity index (χ4n) is 2.00. The van der Waals surface area contributed by atoms with Crippen molar-refractivity contribution in [3.8, 4) is 0 Å². The van der Waals surface area contributed by atoms with Crippen molar-refractivity contribution in [2.45, 2.75) is 13.1 Å². The highest BCUT2D eigenvalue weighted by atomic mass is 35.5. The number of ketones is 1. The second kappa shape index (κ2) is 7.57. The van der Waals surface area contributed by atoms with E-state index in [1.165, 1.54) is 6.92 Å². The van der Waals surface area contributed by atoms with Gasteiger partial charge in [-0.05, 0) is 49.4 Å². The molecule has 0 aliphatic carbocycles. The van der Waals surface area contributed by atoms with Crippen LogP contribution in [0.3, 0.4) is 0 Å². The molecule has 0 saturated heterocycles. The van der Waals surface area contributed by atoms with Gasteiger partial charge < -0.3 is 10.6 Å². The number of halogens is 4. The van der Waals surface area contributed by atoms with Crippen LogP contribution < -0.4 is 10.6 Å². The van der Waals surface area contributed by atoms with Gasteiger partial charge in [-0.1, -0.05) is 11.6 Å². The number of alkyl halides is 3. The maximum atomic E-state index is 12.7. The average Bonchev–Trinajstić information content (AvgIpc) is 2.54. The molecule has 2 N–H and O–H groups in total. The van der Waals surface area contributed by atoms with Crippen LogP contribution in [0.1, 0.15) is 22.8 Å². The Hall–Kier alpha value is -2.54. The Balaban J connectivity index is 1.99. The standard InChI is InChI=1S/C17H14ClF3N2O2/c1-10(24)11-2-5-13(6-3-11)22-9-16(25)23-15-8-12(17(19,20)21)4-7-14(15)18/h2-8,22H,9H2,1H3,(H,23,25). The van der Waals surface area contributed by atoms with E-state index in [2.05, 4.69) is 10.6 Å². The number of carbonyl (C=O) groups excluding carboxylic acids is 2. The first-order chi connectivity index (χ1) is 11.7. The van der Waals surface area contributed by atoms with Gasteiger partial charge in [-0.3, -0.25) is 9.59 Å². The molecule has 0 atom stereocenters. The van der Waals surface area contributed by atoms with E-state index in [4.69, 9.17) is 11.6 Å². The molecule has 0 heterocycles. The molecule has 8 heteroatoms. The lowest BCUT2D eigenvalue weighted by molar-refractivity contribution is -0.137. The molecule has 0 saturated carbocycles. The van der Waals surface area contributed by atoms with Gasteiger partial charge in [0.15, 0.2) is 5.78 Å². The maximum Gasteiger partial charge on any atom is 0.416 e. The van der Waals surface area contributed by atoms with Crippen molar-refractivity contribution in [2.75, 3.05) is 17.2 Å². The lowest BCUT2D eigenvalue weighted by atomic mass is 10.1. The molecule has 0 radical (unpaired) electrons. The van der Waals surface area contributed by atoms with Crippen molar-refractivity contribution in [3.63, 3.8) is 0 Å². The Bertz CT molecular complexity index is 789. The molecule has 132 valence electrons. The van der Waals surface area contributed by atoms with Crippen molar-refractivity contribution in [3.05, 3.63) is 58.6 Å². The molecule has 2 rings (SSSR count). The third kappa shape index (κ3) is 5.22. The van der Waals surface area contributed by atoms with Gasteiger partial charge in [0.2, 0.25) is 5.91 Å². The Kier molecular flexibility index (Phi) is 5.69. The van der Waals surface area contributed by atoms with Crippen LogP contribution in [0.4, 0.5) is 24.5 Å². The SMILES string of the molecule is CC(=O)c1ccc(NCC(=O)Nc2cc(C(F)(F)F)ccc2Cl)cc1. The average molecular weight is 371 g/mol. The molecule has 0 aromatic heterocycles. The summed E-state index contributed by atoms with van der Waals surface area (Å²) in [7, 11) is 0. The lowest BCUT2D eigenvalue weighted by Gasteiger charge is -2.12. The molecule has 0 fully saturated rings. The summed E-state index contributed by atoms with van der Waals surface area (Å²) in [5.74, 6) is -0.639. The van der Waals surface area contributed by atoms with E-state index < -0.39 is 17.6 Å². The summed E-state index contributed by atoms with van der Waals surface area (Å²) in [4.78, 5) is 23.1. The molecule has 0 unspecified atom stereocenters. The molecule has 1 amide bonds. The number of hydrogen-bond donors (Lipinski definition) is 2. The predicted molar refractivity (Wildman–Crippen MR) is 90.0 cm³/mol. The Morgan fingerprint density at radius 2 is 1.72 bits per heavy atom. The zero-order chi connectivity index (χ0) is 18.6. The molecular formula is C17H14ClF3N2O2.